The summed E-state index contributed by atoms with van der Waals surface area (Å²) in [7, 11) is 0. The average Bonchev–Trinajstić information content (AvgIpc) is 2.09. The smallest absolute Gasteiger partial charge is 0.323 e. The van der Waals surface area contributed by atoms with Crippen LogP contribution in [0.5, 0.6) is 0 Å². The maximum Gasteiger partial charge on any atom is 0.323 e. The lowest BCUT2D eigenvalue weighted by Gasteiger charge is -2.40. The van der Waals surface area contributed by atoms with Gasteiger partial charge in [-0.15, -0.1) is 0 Å². The minimum absolute atomic E-state index is 0.109. The van der Waals surface area contributed by atoms with Gasteiger partial charge in [-0.2, -0.15) is 0 Å². The van der Waals surface area contributed by atoms with Crippen molar-refractivity contribution in [3.8, 4) is 0 Å². The van der Waals surface area contributed by atoms with Crippen LogP contribution < -0.4 is 5.73 Å². The van der Waals surface area contributed by atoms with E-state index >= 15 is 0 Å². The Morgan fingerprint density at radius 1 is 1.57 bits per heavy atom. The Hall–Kier alpha value is -0.610. The zero-order chi connectivity index (χ0) is 10.8. The quantitative estimate of drug-likeness (QED) is 0.680. The van der Waals surface area contributed by atoms with Gasteiger partial charge in [0.05, 0.1) is 13.2 Å². The summed E-state index contributed by atoms with van der Waals surface area (Å²) in [6.07, 6.45) is 0.781. The van der Waals surface area contributed by atoms with Gasteiger partial charge in [-0.3, -0.25) is 4.79 Å². The van der Waals surface area contributed by atoms with E-state index in [1.165, 1.54) is 0 Å². The lowest BCUT2D eigenvalue weighted by Crippen LogP contribution is -2.55. The molecule has 14 heavy (non-hydrogen) atoms. The average molecular weight is 201 g/mol. The first kappa shape index (κ1) is 11.5. The number of hydrogen-bond acceptors (Lipinski definition) is 4. The van der Waals surface area contributed by atoms with E-state index < -0.39 is 11.6 Å². The maximum atomic E-state index is 11.5. The predicted octanol–water partition coefficient (Wildman–Crippen LogP) is 0.692. The molecule has 1 unspecified atom stereocenters. The third kappa shape index (κ3) is 2.25. The lowest BCUT2D eigenvalue weighted by molar-refractivity contribution is -0.215. The number of carbonyl (C=O) groups is 1. The Kier molecular flexibility index (Phi) is 3.50. The van der Waals surface area contributed by atoms with Crippen molar-refractivity contribution < 1.29 is 14.3 Å². The molecule has 1 fully saturated rings. The van der Waals surface area contributed by atoms with E-state index in [9.17, 15) is 4.79 Å². The molecule has 1 heterocycles. The molecule has 0 aliphatic carbocycles. The van der Waals surface area contributed by atoms with Gasteiger partial charge in [0.25, 0.3) is 0 Å². The van der Waals surface area contributed by atoms with Crippen LogP contribution in [0.15, 0.2) is 0 Å². The van der Waals surface area contributed by atoms with Gasteiger partial charge in [-0.05, 0) is 12.3 Å². The van der Waals surface area contributed by atoms with Crippen molar-refractivity contribution in [2.75, 3.05) is 13.2 Å². The fourth-order valence-electron chi connectivity index (χ4n) is 1.22. The molecule has 4 nitrogen and oxygen atoms in total. The van der Waals surface area contributed by atoms with Crippen molar-refractivity contribution >= 4 is 5.97 Å². The third-order valence-corrected chi connectivity index (χ3v) is 2.68. The highest BCUT2D eigenvalue weighted by Crippen LogP contribution is 2.26. The Labute approximate surface area is 84.7 Å². The highest BCUT2D eigenvalue weighted by molar-refractivity contribution is 5.76. The first-order chi connectivity index (χ1) is 6.51. The number of esters is 1. The molecule has 0 amide bonds. The molecular weight excluding hydrogens is 182 g/mol. The number of rotatable bonds is 4. The van der Waals surface area contributed by atoms with Crippen molar-refractivity contribution in [1.29, 1.82) is 0 Å². The molecule has 1 atom stereocenters. The van der Waals surface area contributed by atoms with Crippen LogP contribution in [0.25, 0.3) is 0 Å². The summed E-state index contributed by atoms with van der Waals surface area (Å²) in [6, 6.07) is -0.529. The molecule has 4 heteroatoms. The summed E-state index contributed by atoms with van der Waals surface area (Å²) >= 11 is 0. The van der Waals surface area contributed by atoms with E-state index in [2.05, 4.69) is 0 Å². The normalized spacial score (nSPS) is 21.5. The zero-order valence-corrected chi connectivity index (χ0v) is 9.08. The van der Waals surface area contributed by atoms with Crippen molar-refractivity contribution in [2.45, 2.75) is 38.8 Å². The van der Waals surface area contributed by atoms with E-state index in [1.54, 1.807) is 0 Å². The summed E-state index contributed by atoms with van der Waals surface area (Å²) in [6.45, 7) is 6.79. The summed E-state index contributed by atoms with van der Waals surface area (Å²) in [4.78, 5) is 11.5. The first-order valence-corrected chi connectivity index (χ1v) is 5.07. The minimum Gasteiger partial charge on any atom is -0.453 e. The topological polar surface area (TPSA) is 61.5 Å². The zero-order valence-electron chi connectivity index (χ0n) is 9.08. The summed E-state index contributed by atoms with van der Waals surface area (Å²) in [5.41, 5.74) is 5.29. The van der Waals surface area contributed by atoms with E-state index in [0.717, 1.165) is 6.42 Å². The molecule has 1 rings (SSSR count). The summed E-state index contributed by atoms with van der Waals surface area (Å²) < 4.78 is 10.4. The van der Waals surface area contributed by atoms with E-state index in [1.807, 2.05) is 20.8 Å². The summed E-state index contributed by atoms with van der Waals surface area (Å²) in [5.74, 6) is -0.206. The van der Waals surface area contributed by atoms with Crippen LogP contribution in [0, 0.1) is 5.92 Å². The second-order valence-corrected chi connectivity index (χ2v) is 4.22. The number of nitrogens with two attached hydrogens (primary N) is 1. The molecule has 0 aromatic heterocycles. The maximum absolute atomic E-state index is 11.5. The Morgan fingerprint density at radius 2 is 2.14 bits per heavy atom. The van der Waals surface area contributed by atoms with E-state index in [-0.39, 0.29) is 11.9 Å². The standard InChI is InChI=1S/C10H19NO3/c1-4-10(5-13-6-10)14-9(12)8(11)7(2)3/h7-8H,4-6,11H2,1-3H3. The van der Waals surface area contributed by atoms with Crippen molar-refractivity contribution in [3.63, 3.8) is 0 Å². The van der Waals surface area contributed by atoms with Crippen LogP contribution in [-0.4, -0.2) is 30.8 Å². The number of carbonyl (C=O) groups excluding carboxylic acids is 1. The highest BCUT2D eigenvalue weighted by Gasteiger charge is 2.41. The van der Waals surface area contributed by atoms with Gasteiger partial charge in [-0.25, -0.2) is 0 Å². The molecule has 0 spiro atoms. The van der Waals surface area contributed by atoms with Crippen LogP contribution in [0.1, 0.15) is 27.2 Å². The van der Waals surface area contributed by atoms with Crippen molar-refractivity contribution in [1.82, 2.24) is 0 Å². The van der Waals surface area contributed by atoms with E-state index in [0.29, 0.717) is 13.2 Å². The molecule has 0 aromatic rings. The number of hydrogen-bond donors (Lipinski definition) is 1. The summed E-state index contributed by atoms with van der Waals surface area (Å²) in [5, 5.41) is 0. The Bertz CT molecular complexity index is 206. The fraction of sp³-hybridized carbons (Fsp3) is 0.900. The molecule has 0 radical (unpaired) electrons. The molecule has 1 aliphatic rings. The first-order valence-electron chi connectivity index (χ1n) is 5.07. The largest absolute Gasteiger partial charge is 0.453 e. The molecule has 0 aromatic carbocycles. The van der Waals surface area contributed by atoms with Gasteiger partial charge in [0.1, 0.15) is 6.04 Å². The van der Waals surface area contributed by atoms with Crippen LogP contribution in [0.3, 0.4) is 0 Å². The molecule has 1 aliphatic heterocycles. The Morgan fingerprint density at radius 3 is 2.43 bits per heavy atom. The molecule has 0 bridgehead atoms. The predicted molar refractivity (Wildman–Crippen MR) is 52.7 cm³/mol. The molecule has 0 saturated carbocycles. The van der Waals surface area contributed by atoms with Gasteiger partial charge < -0.3 is 15.2 Å². The highest BCUT2D eigenvalue weighted by atomic mass is 16.6. The van der Waals surface area contributed by atoms with Crippen LogP contribution in [0.4, 0.5) is 0 Å². The van der Waals surface area contributed by atoms with Gasteiger partial charge in [0.2, 0.25) is 0 Å². The minimum atomic E-state index is -0.529. The van der Waals surface area contributed by atoms with Crippen LogP contribution in [0.2, 0.25) is 0 Å². The molecule has 2 N–H and O–H groups in total. The molecular formula is C10H19NO3. The monoisotopic (exact) mass is 201 g/mol. The second-order valence-electron chi connectivity index (χ2n) is 4.22. The van der Waals surface area contributed by atoms with Gasteiger partial charge in [0.15, 0.2) is 5.60 Å². The fourth-order valence-corrected chi connectivity index (χ4v) is 1.22. The van der Waals surface area contributed by atoms with Gasteiger partial charge >= 0.3 is 5.97 Å². The second kappa shape index (κ2) is 4.28. The Balaban J connectivity index is 2.47. The third-order valence-electron chi connectivity index (χ3n) is 2.68. The lowest BCUT2D eigenvalue weighted by atomic mass is 9.98. The number of ether oxygens (including phenoxy) is 2. The molecule has 1 saturated heterocycles. The van der Waals surface area contributed by atoms with Crippen LogP contribution in [-0.2, 0) is 14.3 Å². The SMILES string of the molecule is CCC1(OC(=O)C(N)C(C)C)COC1. The van der Waals surface area contributed by atoms with Gasteiger partial charge in [0, 0.05) is 0 Å². The van der Waals surface area contributed by atoms with Gasteiger partial charge in [-0.1, -0.05) is 20.8 Å². The van der Waals surface area contributed by atoms with Crippen molar-refractivity contribution in [3.05, 3.63) is 0 Å². The van der Waals surface area contributed by atoms with E-state index in [4.69, 9.17) is 15.2 Å². The molecule has 82 valence electrons. The van der Waals surface area contributed by atoms with Crippen LogP contribution >= 0.6 is 0 Å². The van der Waals surface area contributed by atoms with Crippen molar-refractivity contribution in [2.24, 2.45) is 11.7 Å².